The van der Waals surface area contributed by atoms with Crippen molar-refractivity contribution in [3.8, 4) is 0 Å². The highest BCUT2D eigenvalue weighted by molar-refractivity contribution is 7.80. The van der Waals surface area contributed by atoms with E-state index >= 15 is 0 Å². The van der Waals surface area contributed by atoms with Crippen LogP contribution < -0.4 is 10.6 Å². The summed E-state index contributed by atoms with van der Waals surface area (Å²) in [6, 6.07) is 0. The number of hydrogen-bond donors (Lipinski definition) is 3. The molecule has 0 atom stereocenters. The second-order valence-corrected chi connectivity index (χ2v) is 6.18. The third kappa shape index (κ3) is 11.1. The summed E-state index contributed by atoms with van der Waals surface area (Å²) in [6.45, 7) is 9.27. The van der Waals surface area contributed by atoms with Gasteiger partial charge in [-0.3, -0.25) is 4.79 Å². The molecule has 0 aliphatic heterocycles. The molecule has 8 heteroatoms. The van der Waals surface area contributed by atoms with Crippen LogP contribution in [0.25, 0.3) is 0 Å². The number of nitrogens with one attached hydrogen (secondary N) is 2. The van der Waals surface area contributed by atoms with Gasteiger partial charge in [-0.25, -0.2) is 4.79 Å². The summed E-state index contributed by atoms with van der Waals surface area (Å²) in [7, 11) is 0. The van der Waals surface area contributed by atoms with Gasteiger partial charge in [0.15, 0.2) is 5.11 Å². The summed E-state index contributed by atoms with van der Waals surface area (Å²) < 4.78 is 5.11. The number of nitrogens with zero attached hydrogens (tertiary/aromatic N) is 1. The molecule has 0 radical (unpaired) electrons. The minimum Gasteiger partial charge on any atom is -0.481 e. The number of rotatable bonds is 8. The average Bonchev–Trinajstić information content (AvgIpc) is 2.37. The van der Waals surface area contributed by atoms with E-state index in [2.05, 4.69) is 10.6 Å². The van der Waals surface area contributed by atoms with E-state index in [1.54, 1.807) is 20.8 Å². The number of thiocarbonyl (C=S) groups is 1. The molecule has 22 heavy (non-hydrogen) atoms. The lowest BCUT2D eigenvalue weighted by Gasteiger charge is -2.25. The van der Waals surface area contributed by atoms with Crippen LogP contribution in [-0.2, 0) is 9.53 Å². The summed E-state index contributed by atoms with van der Waals surface area (Å²) in [5.74, 6) is -0.851. The highest BCUT2D eigenvalue weighted by Gasteiger charge is 2.15. The van der Waals surface area contributed by atoms with Gasteiger partial charge in [0.05, 0.1) is 6.42 Å². The highest BCUT2D eigenvalue weighted by atomic mass is 32.1. The number of carbonyl (C=O) groups is 2. The summed E-state index contributed by atoms with van der Waals surface area (Å²) >= 11 is 5.24. The summed E-state index contributed by atoms with van der Waals surface area (Å²) in [5.41, 5.74) is -0.526. The van der Waals surface area contributed by atoms with Gasteiger partial charge in [-0.05, 0) is 39.4 Å². The summed E-state index contributed by atoms with van der Waals surface area (Å²) in [4.78, 5) is 23.9. The molecule has 0 spiro atoms. The van der Waals surface area contributed by atoms with Crippen LogP contribution in [-0.4, -0.2) is 59.0 Å². The summed E-state index contributed by atoms with van der Waals surface area (Å²) in [5, 5.41) is 14.8. The van der Waals surface area contributed by atoms with Gasteiger partial charge in [0, 0.05) is 26.2 Å². The fraction of sp³-hybridized carbons (Fsp3) is 0.786. The van der Waals surface area contributed by atoms with E-state index in [0.29, 0.717) is 31.3 Å². The van der Waals surface area contributed by atoms with Gasteiger partial charge in [0.25, 0.3) is 0 Å². The highest BCUT2D eigenvalue weighted by Crippen LogP contribution is 2.06. The standard InChI is InChI=1S/C14H27N3O4S/c1-5-9-17(10-6-11(18)19)12(22)15-7-8-16-13(20)21-14(2,3)4/h5-10H2,1-4H3,(H,15,22)(H,16,20)(H,18,19). The SMILES string of the molecule is CCCN(CCC(=O)O)C(=S)NCCNC(=O)OC(C)(C)C. The Labute approximate surface area is 137 Å². The van der Waals surface area contributed by atoms with Crippen molar-refractivity contribution in [3.63, 3.8) is 0 Å². The second kappa shape index (κ2) is 10.2. The number of ether oxygens (including phenoxy) is 1. The Kier molecular flexibility index (Phi) is 9.48. The van der Waals surface area contributed by atoms with Crippen molar-refractivity contribution in [2.75, 3.05) is 26.2 Å². The molecule has 0 saturated heterocycles. The largest absolute Gasteiger partial charge is 0.481 e. The van der Waals surface area contributed by atoms with Crippen LogP contribution in [0.1, 0.15) is 40.5 Å². The average molecular weight is 333 g/mol. The monoisotopic (exact) mass is 333 g/mol. The van der Waals surface area contributed by atoms with Crippen molar-refractivity contribution in [1.29, 1.82) is 0 Å². The third-order valence-electron chi connectivity index (χ3n) is 2.45. The van der Waals surface area contributed by atoms with Crippen LogP contribution in [0.15, 0.2) is 0 Å². The van der Waals surface area contributed by atoms with E-state index in [1.807, 2.05) is 11.8 Å². The molecule has 1 amide bonds. The number of carboxylic acids is 1. The van der Waals surface area contributed by atoms with E-state index in [9.17, 15) is 9.59 Å². The van der Waals surface area contributed by atoms with Crippen molar-refractivity contribution in [1.82, 2.24) is 15.5 Å². The van der Waals surface area contributed by atoms with Crippen molar-refractivity contribution in [2.45, 2.75) is 46.1 Å². The van der Waals surface area contributed by atoms with Crippen molar-refractivity contribution in [2.24, 2.45) is 0 Å². The molecule has 3 N–H and O–H groups in total. The van der Waals surface area contributed by atoms with Gasteiger partial charge in [0.1, 0.15) is 5.60 Å². The van der Waals surface area contributed by atoms with E-state index in [0.717, 1.165) is 6.42 Å². The molecule has 0 bridgehead atoms. The van der Waals surface area contributed by atoms with E-state index in [1.165, 1.54) is 0 Å². The fourth-order valence-electron chi connectivity index (χ4n) is 1.58. The van der Waals surface area contributed by atoms with Gasteiger partial charge in [0.2, 0.25) is 0 Å². The van der Waals surface area contributed by atoms with Crippen LogP contribution in [0.5, 0.6) is 0 Å². The van der Waals surface area contributed by atoms with Crippen LogP contribution >= 0.6 is 12.2 Å². The Morgan fingerprint density at radius 3 is 2.27 bits per heavy atom. The normalized spacial score (nSPS) is 10.7. The molecule has 0 unspecified atom stereocenters. The number of aliphatic carboxylic acids is 1. The van der Waals surface area contributed by atoms with Crippen molar-refractivity contribution >= 4 is 29.4 Å². The number of carboxylic acid groups (broad SMARTS) is 1. The van der Waals surface area contributed by atoms with Crippen LogP contribution in [0.2, 0.25) is 0 Å². The molecule has 7 nitrogen and oxygen atoms in total. The number of carbonyl (C=O) groups excluding carboxylic acids is 1. The minimum absolute atomic E-state index is 0.0397. The van der Waals surface area contributed by atoms with Crippen molar-refractivity contribution in [3.05, 3.63) is 0 Å². The molecular formula is C14H27N3O4S. The third-order valence-corrected chi connectivity index (χ3v) is 2.85. The zero-order chi connectivity index (χ0) is 17.2. The number of alkyl carbamates (subject to hydrolysis) is 1. The second-order valence-electron chi connectivity index (χ2n) is 5.79. The predicted octanol–water partition coefficient (Wildman–Crippen LogP) is 1.57. The van der Waals surface area contributed by atoms with E-state index < -0.39 is 17.7 Å². The topological polar surface area (TPSA) is 90.9 Å². The van der Waals surface area contributed by atoms with Gasteiger partial charge < -0.3 is 25.4 Å². The summed E-state index contributed by atoms with van der Waals surface area (Å²) in [6.07, 6.45) is 0.437. The Hall–Kier alpha value is -1.57. The zero-order valence-electron chi connectivity index (χ0n) is 13.8. The lowest BCUT2D eigenvalue weighted by atomic mass is 10.2. The smallest absolute Gasteiger partial charge is 0.407 e. The van der Waals surface area contributed by atoms with Gasteiger partial charge >= 0.3 is 12.1 Å². The number of hydrogen-bond acceptors (Lipinski definition) is 4. The molecular weight excluding hydrogens is 306 g/mol. The quantitative estimate of drug-likeness (QED) is 0.459. The van der Waals surface area contributed by atoms with Gasteiger partial charge in [-0.1, -0.05) is 6.92 Å². The molecule has 0 aliphatic carbocycles. The first-order chi connectivity index (χ1) is 10.2. The lowest BCUT2D eigenvalue weighted by molar-refractivity contribution is -0.137. The van der Waals surface area contributed by atoms with E-state index in [4.69, 9.17) is 22.1 Å². The van der Waals surface area contributed by atoms with Crippen molar-refractivity contribution < 1.29 is 19.4 Å². The molecule has 128 valence electrons. The number of amides is 1. The molecule has 0 aromatic rings. The first-order valence-electron chi connectivity index (χ1n) is 7.37. The van der Waals surface area contributed by atoms with Crippen LogP contribution in [0.3, 0.4) is 0 Å². The van der Waals surface area contributed by atoms with Crippen LogP contribution in [0, 0.1) is 0 Å². The Bertz CT molecular complexity index is 383. The first kappa shape index (κ1) is 20.4. The maximum absolute atomic E-state index is 11.4. The maximum Gasteiger partial charge on any atom is 0.407 e. The maximum atomic E-state index is 11.4. The van der Waals surface area contributed by atoms with Gasteiger partial charge in [-0.2, -0.15) is 0 Å². The molecule has 0 saturated carbocycles. The minimum atomic E-state index is -0.851. The van der Waals surface area contributed by atoms with E-state index in [-0.39, 0.29) is 6.42 Å². The Balaban J connectivity index is 4.03. The van der Waals surface area contributed by atoms with Crippen LogP contribution in [0.4, 0.5) is 4.79 Å². The molecule has 0 aliphatic rings. The zero-order valence-corrected chi connectivity index (χ0v) is 14.6. The molecule has 0 heterocycles. The molecule has 0 rings (SSSR count). The molecule has 0 aromatic heterocycles. The predicted molar refractivity (Wildman–Crippen MR) is 89.0 cm³/mol. The molecule has 0 aromatic carbocycles. The van der Waals surface area contributed by atoms with Gasteiger partial charge in [-0.15, -0.1) is 0 Å². The fourth-order valence-corrected chi connectivity index (χ4v) is 1.86. The Morgan fingerprint density at radius 1 is 1.18 bits per heavy atom. The Morgan fingerprint density at radius 2 is 1.77 bits per heavy atom. The molecule has 0 fully saturated rings. The lowest BCUT2D eigenvalue weighted by Crippen LogP contribution is -2.44. The first-order valence-corrected chi connectivity index (χ1v) is 7.78.